The van der Waals surface area contributed by atoms with Crippen LogP contribution in [-0.4, -0.2) is 34.6 Å². The number of aliphatic carboxylic acids is 3. The molecule has 0 aromatic carbocycles. The van der Waals surface area contributed by atoms with Gasteiger partial charge in [0, 0.05) is 31.7 Å². The van der Waals surface area contributed by atoms with E-state index in [4.69, 9.17) is 5.11 Å². The van der Waals surface area contributed by atoms with Crippen molar-refractivity contribution in [1.82, 2.24) is 0 Å². The van der Waals surface area contributed by atoms with Gasteiger partial charge in [0.05, 0.1) is 12.2 Å². The summed E-state index contributed by atoms with van der Waals surface area (Å²) < 4.78 is 4.17. The van der Waals surface area contributed by atoms with Gasteiger partial charge >= 0.3 is 94.6 Å². The molecule has 0 saturated heterocycles. The predicted octanol–water partition coefficient (Wildman–Crippen LogP) is -13.5. The van der Waals surface area contributed by atoms with E-state index in [1.807, 2.05) is 0 Å². The first-order chi connectivity index (χ1) is 8.55. The van der Waals surface area contributed by atoms with E-state index < -0.39 is 36.4 Å². The van der Waals surface area contributed by atoms with Crippen LogP contribution in [0.1, 0.15) is 19.8 Å². The molecule has 0 atom stereocenters. The normalized spacial score (nSPS) is 8.27. The van der Waals surface area contributed by atoms with Gasteiger partial charge in [-0.3, -0.25) is 4.79 Å². The summed E-state index contributed by atoms with van der Waals surface area (Å²) in [5.74, 6) is -6.31. The minimum absolute atomic E-state index is 0. The summed E-state index contributed by atoms with van der Waals surface area (Å²) in [6.07, 6.45) is -1.62. The number of hydrogen-bond acceptors (Lipinski definition) is 9. The molecule has 0 aromatic heterocycles. The van der Waals surface area contributed by atoms with Crippen molar-refractivity contribution in [2.24, 2.45) is 0 Å². The predicted molar refractivity (Wildman–Crippen MR) is 51.2 cm³/mol. The molecule has 0 unspecified atom stereocenters. The smallest absolute Gasteiger partial charge is 0.550 e. The first kappa shape index (κ1) is 34.0. The number of esters is 1. The molecule has 0 aliphatic carbocycles. The average Bonchev–Trinajstić information content (AvgIpc) is 2.14. The van der Waals surface area contributed by atoms with Crippen LogP contribution in [0.5, 0.6) is 0 Å². The monoisotopic (exact) mass is 344 g/mol. The number of carboxylic acids is 3. The third-order valence-corrected chi connectivity index (χ3v) is 1.50. The molecule has 0 spiro atoms. The van der Waals surface area contributed by atoms with E-state index >= 15 is 0 Å². The number of aliphatic hydroxyl groups is 1. The Labute approximate surface area is 193 Å². The van der Waals surface area contributed by atoms with Gasteiger partial charge in [-0.15, -0.1) is 0 Å². The second-order valence-corrected chi connectivity index (χ2v) is 3.19. The number of hydrogen-bond donors (Lipinski definition) is 1. The summed E-state index contributed by atoms with van der Waals surface area (Å²) in [6.45, 7) is 4.48. The molecular formula is C10H11Na3O9. The molecule has 0 amide bonds. The molecule has 0 aromatic rings. The van der Waals surface area contributed by atoms with Crippen molar-refractivity contribution in [3.8, 4) is 0 Å². The van der Waals surface area contributed by atoms with Gasteiger partial charge in [-0.25, -0.2) is 0 Å². The van der Waals surface area contributed by atoms with Gasteiger partial charge in [-0.05, 0) is 0 Å². The minimum atomic E-state index is -2.97. The summed E-state index contributed by atoms with van der Waals surface area (Å²) in [5, 5.41) is 38.9. The van der Waals surface area contributed by atoms with Crippen LogP contribution in [0.2, 0.25) is 0 Å². The van der Waals surface area contributed by atoms with Crippen molar-refractivity contribution in [3.63, 3.8) is 0 Å². The summed E-state index contributed by atoms with van der Waals surface area (Å²) in [4.78, 5) is 39.7. The topological polar surface area (TPSA) is 167 Å². The van der Waals surface area contributed by atoms with Crippen LogP contribution in [-0.2, 0) is 23.9 Å². The van der Waals surface area contributed by atoms with E-state index in [1.54, 1.807) is 0 Å². The fourth-order valence-corrected chi connectivity index (χ4v) is 0.802. The minimum Gasteiger partial charge on any atom is -0.550 e. The van der Waals surface area contributed by atoms with E-state index in [1.165, 1.54) is 6.92 Å². The Hall–Kier alpha value is 0.580. The fourth-order valence-electron chi connectivity index (χ4n) is 0.802. The van der Waals surface area contributed by atoms with E-state index in [0.29, 0.717) is 0 Å². The van der Waals surface area contributed by atoms with Crippen LogP contribution in [0, 0.1) is 0 Å². The molecule has 0 aliphatic rings. The van der Waals surface area contributed by atoms with E-state index in [9.17, 15) is 34.5 Å². The Morgan fingerprint density at radius 1 is 1.05 bits per heavy atom. The van der Waals surface area contributed by atoms with Gasteiger partial charge in [0.2, 0.25) is 0 Å². The molecule has 0 fully saturated rings. The standard InChI is InChI=1S/C6H8O7.C4H6O2.3Na/c7-3(8)1-6(13,5(11)12)2-4(9)10;1-3-6-4(2)5;;;/h13H,1-2H2,(H,7,8)(H,9,10)(H,11,12);3H,1H2,2H3;;;/q;;3*+1/p-3. The van der Waals surface area contributed by atoms with E-state index in [-0.39, 0.29) is 94.6 Å². The summed E-state index contributed by atoms with van der Waals surface area (Å²) >= 11 is 0. The quantitative estimate of drug-likeness (QED) is 0.279. The van der Waals surface area contributed by atoms with Crippen LogP contribution < -0.4 is 104 Å². The molecule has 0 bridgehead atoms. The second-order valence-electron chi connectivity index (χ2n) is 3.19. The molecule has 0 saturated carbocycles. The number of carboxylic acid groups (broad SMARTS) is 3. The van der Waals surface area contributed by atoms with Crippen molar-refractivity contribution >= 4 is 23.9 Å². The number of rotatable bonds is 6. The largest absolute Gasteiger partial charge is 1.00 e. The molecule has 1 N–H and O–H groups in total. The Morgan fingerprint density at radius 3 is 1.45 bits per heavy atom. The van der Waals surface area contributed by atoms with Gasteiger partial charge in [0.1, 0.15) is 5.60 Å². The maximum absolute atomic E-state index is 10.1. The summed E-state index contributed by atoms with van der Waals surface area (Å²) in [5.41, 5.74) is -2.97. The van der Waals surface area contributed by atoms with Crippen molar-refractivity contribution in [2.45, 2.75) is 25.4 Å². The fraction of sp³-hybridized carbons (Fsp3) is 0.400. The van der Waals surface area contributed by atoms with Gasteiger partial charge in [-0.2, -0.15) is 0 Å². The zero-order chi connectivity index (χ0) is 15.6. The summed E-state index contributed by atoms with van der Waals surface area (Å²) in [6, 6.07) is 0. The van der Waals surface area contributed by atoms with Crippen LogP contribution >= 0.6 is 0 Å². The van der Waals surface area contributed by atoms with Gasteiger partial charge in [0.25, 0.3) is 0 Å². The molecule has 0 radical (unpaired) electrons. The SMILES string of the molecule is C=COC(C)=O.O=C([O-])CC(O)(CC(=O)[O-])C(=O)[O-].[Na+].[Na+].[Na+]. The first-order valence-corrected chi connectivity index (χ1v) is 4.66. The number of carbonyl (C=O) groups is 4. The summed E-state index contributed by atoms with van der Waals surface area (Å²) in [7, 11) is 0. The zero-order valence-corrected chi connectivity index (χ0v) is 18.9. The van der Waals surface area contributed by atoms with Crippen molar-refractivity contribution in [3.05, 3.63) is 12.8 Å². The molecule has 108 valence electrons. The van der Waals surface area contributed by atoms with Crippen LogP contribution in [0.4, 0.5) is 0 Å². The molecule has 9 nitrogen and oxygen atoms in total. The van der Waals surface area contributed by atoms with Crippen molar-refractivity contribution in [2.75, 3.05) is 0 Å². The first-order valence-electron chi connectivity index (χ1n) is 4.66. The molecule has 0 rings (SSSR count). The van der Waals surface area contributed by atoms with E-state index in [2.05, 4.69) is 11.3 Å². The van der Waals surface area contributed by atoms with Gasteiger partial charge in [0.15, 0.2) is 0 Å². The Balaban J connectivity index is -0.0000000933. The van der Waals surface area contributed by atoms with Crippen LogP contribution in [0.3, 0.4) is 0 Å². The molecule has 0 aliphatic heterocycles. The molecule has 12 heteroatoms. The third-order valence-electron chi connectivity index (χ3n) is 1.50. The van der Waals surface area contributed by atoms with Crippen molar-refractivity contribution < 1.29 is 133 Å². The number of carbonyl (C=O) groups excluding carboxylic acids is 4. The second kappa shape index (κ2) is 17.9. The third kappa shape index (κ3) is 20.6. The molecular weight excluding hydrogens is 333 g/mol. The van der Waals surface area contributed by atoms with Crippen LogP contribution in [0.15, 0.2) is 12.8 Å². The maximum Gasteiger partial charge on any atom is 1.00 e. The average molecular weight is 344 g/mol. The zero-order valence-electron chi connectivity index (χ0n) is 12.9. The van der Waals surface area contributed by atoms with Gasteiger partial charge in [-0.1, -0.05) is 6.58 Å². The Kier molecular flexibility index (Phi) is 27.7. The molecule has 0 heterocycles. The maximum atomic E-state index is 10.1. The Morgan fingerprint density at radius 2 is 1.36 bits per heavy atom. The molecule has 22 heavy (non-hydrogen) atoms. The van der Waals surface area contributed by atoms with E-state index in [0.717, 1.165) is 6.26 Å². The number of ether oxygens (including phenoxy) is 1. The van der Waals surface area contributed by atoms with Crippen LogP contribution in [0.25, 0.3) is 0 Å². The van der Waals surface area contributed by atoms with Crippen molar-refractivity contribution in [1.29, 1.82) is 0 Å². The Bertz CT molecular complexity index is 368. The van der Waals surface area contributed by atoms with Gasteiger partial charge < -0.3 is 39.5 Å².